The second-order valence-corrected chi connectivity index (χ2v) is 11.2. The molecule has 4 rings (SSSR count). The minimum Gasteiger partial charge on any atom is -0.378 e. The third kappa shape index (κ3) is 5.05. The van der Waals surface area contributed by atoms with Gasteiger partial charge in [-0.2, -0.15) is 9.57 Å². The summed E-state index contributed by atoms with van der Waals surface area (Å²) in [5.41, 5.74) is 0.121. The van der Waals surface area contributed by atoms with E-state index >= 15 is 0 Å². The molecule has 2 aromatic rings. The van der Waals surface area contributed by atoms with Gasteiger partial charge in [-0.25, -0.2) is 8.42 Å². The van der Waals surface area contributed by atoms with Crippen LogP contribution in [-0.2, 0) is 19.6 Å². The van der Waals surface area contributed by atoms with Crippen molar-refractivity contribution in [3.05, 3.63) is 29.8 Å². The first-order valence-electron chi connectivity index (χ1n) is 10.0. The number of amides is 1. The summed E-state index contributed by atoms with van der Waals surface area (Å²) in [4.78, 5) is 16.4. The molecule has 0 aliphatic carbocycles. The first-order chi connectivity index (χ1) is 15.5. The van der Waals surface area contributed by atoms with E-state index in [2.05, 4.69) is 15.1 Å². The summed E-state index contributed by atoms with van der Waals surface area (Å²) in [7, 11) is -3.78. The van der Waals surface area contributed by atoms with Crippen LogP contribution in [0.1, 0.15) is 5.56 Å². The van der Waals surface area contributed by atoms with Crippen LogP contribution in [0.5, 0.6) is 0 Å². The fourth-order valence-electron chi connectivity index (χ4n) is 3.46. The average molecular weight is 495 g/mol. The van der Waals surface area contributed by atoms with Crippen molar-refractivity contribution in [3.8, 4) is 6.07 Å². The van der Waals surface area contributed by atoms with E-state index in [0.717, 1.165) is 22.6 Å². The van der Waals surface area contributed by atoms with Crippen molar-refractivity contribution >= 4 is 44.2 Å². The lowest BCUT2D eigenvalue weighted by atomic mass is 10.2. The monoisotopic (exact) mass is 494 g/mol. The number of rotatable bonds is 6. The molecule has 1 aromatic heterocycles. The summed E-state index contributed by atoms with van der Waals surface area (Å²) in [6, 6.07) is 8.09. The van der Waals surface area contributed by atoms with E-state index in [1.54, 1.807) is 17.0 Å². The Morgan fingerprint density at radius 3 is 2.56 bits per heavy atom. The second-order valence-electron chi connectivity index (χ2n) is 7.13. The number of hydrogen-bond donors (Lipinski definition) is 0. The summed E-state index contributed by atoms with van der Waals surface area (Å²) in [6.45, 7) is 3.91. The van der Waals surface area contributed by atoms with Crippen LogP contribution in [0, 0.1) is 11.3 Å². The number of sulfonamides is 1. The minimum atomic E-state index is -3.78. The summed E-state index contributed by atoms with van der Waals surface area (Å²) in [5.74, 6) is 0.162. The molecule has 0 unspecified atom stereocenters. The number of morpholine rings is 1. The lowest BCUT2D eigenvalue weighted by Gasteiger charge is -2.34. The molecule has 2 aliphatic rings. The Labute approximate surface area is 194 Å². The Morgan fingerprint density at radius 2 is 1.84 bits per heavy atom. The quantitative estimate of drug-likeness (QED) is 0.539. The molecule has 2 aliphatic heterocycles. The van der Waals surface area contributed by atoms with E-state index in [1.807, 2.05) is 6.07 Å². The Balaban J connectivity index is 1.29. The van der Waals surface area contributed by atoms with E-state index in [9.17, 15) is 18.5 Å². The average Bonchev–Trinajstić information content (AvgIpc) is 3.32. The summed E-state index contributed by atoms with van der Waals surface area (Å²) >= 11 is 2.80. The van der Waals surface area contributed by atoms with E-state index in [1.165, 1.54) is 39.5 Å². The molecule has 2 saturated heterocycles. The molecule has 1 amide bonds. The molecule has 170 valence electrons. The van der Waals surface area contributed by atoms with Gasteiger partial charge in [-0.3, -0.25) is 4.79 Å². The SMILES string of the molecule is N#Cc1ccccc1S(=O)(=O)N1CCN(C(=O)CSc2nnc(N3CCOCC3)s2)CC1. The van der Waals surface area contributed by atoms with Gasteiger partial charge in [-0.1, -0.05) is 35.2 Å². The van der Waals surface area contributed by atoms with Crippen LogP contribution < -0.4 is 4.90 Å². The Morgan fingerprint density at radius 1 is 1.12 bits per heavy atom. The predicted octanol–water partition coefficient (Wildman–Crippen LogP) is 0.872. The fourth-order valence-corrected chi connectivity index (χ4v) is 6.82. The highest BCUT2D eigenvalue weighted by Crippen LogP contribution is 2.29. The van der Waals surface area contributed by atoms with Crippen LogP contribution in [0.3, 0.4) is 0 Å². The number of aromatic nitrogens is 2. The van der Waals surface area contributed by atoms with Crippen molar-refractivity contribution < 1.29 is 17.9 Å². The van der Waals surface area contributed by atoms with E-state index < -0.39 is 10.0 Å². The van der Waals surface area contributed by atoms with Crippen molar-refractivity contribution in [1.82, 2.24) is 19.4 Å². The van der Waals surface area contributed by atoms with Crippen LogP contribution in [0.4, 0.5) is 5.13 Å². The molecule has 32 heavy (non-hydrogen) atoms. The topological polar surface area (TPSA) is 120 Å². The van der Waals surface area contributed by atoms with Gasteiger partial charge in [0.05, 0.1) is 29.4 Å². The van der Waals surface area contributed by atoms with Crippen molar-refractivity contribution in [1.29, 1.82) is 5.26 Å². The number of anilines is 1. The molecule has 2 fully saturated rings. The van der Waals surface area contributed by atoms with Gasteiger partial charge in [0, 0.05) is 39.3 Å². The Hall–Kier alpha value is -2.24. The minimum absolute atomic E-state index is 0.00479. The molecule has 0 saturated carbocycles. The van der Waals surface area contributed by atoms with Gasteiger partial charge in [-0.15, -0.1) is 10.2 Å². The van der Waals surface area contributed by atoms with Gasteiger partial charge in [0.25, 0.3) is 0 Å². The van der Waals surface area contributed by atoms with Crippen LogP contribution in [0.15, 0.2) is 33.5 Å². The highest BCUT2D eigenvalue weighted by atomic mass is 32.2. The molecule has 13 heteroatoms. The smallest absolute Gasteiger partial charge is 0.244 e. The van der Waals surface area contributed by atoms with Gasteiger partial charge in [0.1, 0.15) is 6.07 Å². The largest absolute Gasteiger partial charge is 0.378 e. The molecule has 3 heterocycles. The van der Waals surface area contributed by atoms with Gasteiger partial charge in [0.2, 0.25) is 21.1 Å². The number of nitrogens with zero attached hydrogens (tertiary/aromatic N) is 6. The van der Waals surface area contributed by atoms with Crippen molar-refractivity contribution in [2.24, 2.45) is 0 Å². The molecule has 0 atom stereocenters. The summed E-state index contributed by atoms with van der Waals surface area (Å²) < 4.78 is 33.3. The molecule has 0 bridgehead atoms. The Bertz CT molecular complexity index is 1100. The summed E-state index contributed by atoms with van der Waals surface area (Å²) in [6.07, 6.45) is 0. The van der Waals surface area contributed by atoms with E-state index in [4.69, 9.17) is 4.74 Å². The maximum Gasteiger partial charge on any atom is 0.244 e. The number of carbonyl (C=O) groups is 1. The third-order valence-corrected chi connectivity index (χ3v) is 9.27. The van der Waals surface area contributed by atoms with Crippen LogP contribution in [0.25, 0.3) is 0 Å². The number of piperazine rings is 1. The first kappa shape index (κ1) is 22.9. The number of ether oxygens (including phenoxy) is 1. The number of nitriles is 1. The van der Waals surface area contributed by atoms with Crippen LogP contribution >= 0.6 is 23.1 Å². The zero-order valence-electron chi connectivity index (χ0n) is 17.2. The van der Waals surface area contributed by atoms with Crippen molar-refractivity contribution in [3.63, 3.8) is 0 Å². The van der Waals surface area contributed by atoms with Gasteiger partial charge in [0.15, 0.2) is 4.34 Å². The van der Waals surface area contributed by atoms with E-state index in [0.29, 0.717) is 26.3 Å². The molecular weight excluding hydrogens is 472 g/mol. The number of carbonyl (C=O) groups excluding carboxylic acids is 1. The molecule has 0 spiro atoms. The standard InChI is InChI=1S/C19H22N6O4S3/c20-13-15-3-1-2-4-16(15)32(27,28)25-7-5-23(6-8-25)17(26)14-30-19-22-21-18(31-19)24-9-11-29-12-10-24/h1-4H,5-12,14H2. The summed E-state index contributed by atoms with van der Waals surface area (Å²) in [5, 5.41) is 18.4. The molecule has 1 aromatic carbocycles. The Kier molecular flexibility index (Phi) is 7.27. The number of benzene rings is 1. The lowest BCUT2D eigenvalue weighted by molar-refractivity contribution is -0.129. The highest BCUT2D eigenvalue weighted by molar-refractivity contribution is 8.01. The van der Waals surface area contributed by atoms with Crippen LogP contribution in [-0.4, -0.2) is 92.0 Å². The van der Waals surface area contributed by atoms with E-state index in [-0.39, 0.29) is 35.2 Å². The van der Waals surface area contributed by atoms with Gasteiger partial charge in [-0.05, 0) is 12.1 Å². The maximum absolute atomic E-state index is 12.9. The lowest BCUT2D eigenvalue weighted by Crippen LogP contribution is -2.51. The van der Waals surface area contributed by atoms with Crippen LogP contribution in [0.2, 0.25) is 0 Å². The fraction of sp³-hybridized carbons (Fsp3) is 0.474. The molecule has 0 radical (unpaired) electrons. The third-order valence-electron chi connectivity index (χ3n) is 5.21. The maximum atomic E-state index is 12.9. The van der Waals surface area contributed by atoms with Crippen molar-refractivity contribution in [2.75, 3.05) is 63.1 Å². The number of hydrogen-bond acceptors (Lipinski definition) is 10. The van der Waals surface area contributed by atoms with Gasteiger partial charge < -0.3 is 14.5 Å². The zero-order valence-corrected chi connectivity index (χ0v) is 19.7. The molecule has 0 N–H and O–H groups in total. The second kappa shape index (κ2) is 10.1. The zero-order chi connectivity index (χ0) is 22.6. The predicted molar refractivity (Wildman–Crippen MR) is 120 cm³/mol. The highest BCUT2D eigenvalue weighted by Gasteiger charge is 2.31. The van der Waals surface area contributed by atoms with Crippen molar-refractivity contribution in [2.45, 2.75) is 9.24 Å². The molecular formula is C19H22N6O4S3. The normalized spacial score (nSPS) is 17.8. The first-order valence-corrected chi connectivity index (χ1v) is 13.3. The number of thioether (sulfide) groups is 1. The molecule has 10 nitrogen and oxygen atoms in total. The van der Waals surface area contributed by atoms with Gasteiger partial charge >= 0.3 is 0 Å².